The van der Waals surface area contributed by atoms with Crippen molar-refractivity contribution in [3.8, 4) is 15.5 Å². The molecular formula is C21H15Cl2NO4S. The molecule has 4 rings (SSSR count). The van der Waals surface area contributed by atoms with Crippen molar-refractivity contribution in [2.45, 2.75) is 18.9 Å². The lowest BCUT2D eigenvalue weighted by Crippen LogP contribution is -2.33. The molecule has 0 bridgehead atoms. The molecule has 1 aromatic heterocycles. The van der Waals surface area contributed by atoms with Crippen LogP contribution in [-0.4, -0.2) is 23.2 Å². The van der Waals surface area contributed by atoms with Crippen molar-refractivity contribution >= 4 is 52.3 Å². The molecular weight excluding hydrogens is 433 g/mol. The number of halogens is 2. The van der Waals surface area contributed by atoms with Gasteiger partial charge >= 0.3 is 6.16 Å². The van der Waals surface area contributed by atoms with Crippen LogP contribution in [0.4, 0.5) is 10.5 Å². The number of amides is 1. The van der Waals surface area contributed by atoms with Crippen LogP contribution < -0.4 is 9.64 Å². The molecule has 0 radical (unpaired) electrons. The smallest absolute Gasteiger partial charge is 0.449 e. The second-order valence-corrected chi connectivity index (χ2v) is 8.41. The molecule has 5 nitrogen and oxygen atoms in total. The van der Waals surface area contributed by atoms with Crippen LogP contribution >= 0.6 is 34.5 Å². The van der Waals surface area contributed by atoms with Crippen LogP contribution in [0.25, 0.3) is 10.4 Å². The standard InChI is InChI=1S/C21H15Cl2NO4S/c22-13-6-9-15(16(23)10-13)19(25)24(14-7-8-14)17-11-18(12-4-2-1-3-5-12)29-20(17)28-21(26)27/h1-6,9-11,14H,7-8H2,(H,26,27). The zero-order chi connectivity index (χ0) is 20.5. The van der Waals surface area contributed by atoms with Crippen LogP contribution in [0.15, 0.2) is 54.6 Å². The number of benzene rings is 2. The van der Waals surface area contributed by atoms with Crippen molar-refractivity contribution in [1.82, 2.24) is 0 Å². The van der Waals surface area contributed by atoms with E-state index in [2.05, 4.69) is 0 Å². The molecule has 148 valence electrons. The van der Waals surface area contributed by atoms with Gasteiger partial charge in [-0.1, -0.05) is 64.9 Å². The molecule has 8 heteroatoms. The number of carboxylic acid groups (broad SMARTS) is 1. The van der Waals surface area contributed by atoms with E-state index in [4.69, 9.17) is 27.9 Å². The van der Waals surface area contributed by atoms with Gasteiger partial charge in [-0.2, -0.15) is 0 Å². The van der Waals surface area contributed by atoms with E-state index >= 15 is 0 Å². The third-order valence-electron chi connectivity index (χ3n) is 4.47. The Hall–Kier alpha value is -2.54. The third kappa shape index (κ3) is 4.24. The van der Waals surface area contributed by atoms with Gasteiger partial charge in [0.25, 0.3) is 5.91 Å². The van der Waals surface area contributed by atoms with Crippen LogP contribution in [0.2, 0.25) is 10.0 Å². The number of nitrogens with zero attached hydrogens (tertiary/aromatic N) is 1. The average Bonchev–Trinajstić information content (AvgIpc) is 3.43. The molecule has 0 saturated heterocycles. The highest BCUT2D eigenvalue weighted by Gasteiger charge is 2.38. The highest BCUT2D eigenvalue weighted by Crippen LogP contribution is 2.47. The maximum atomic E-state index is 13.3. The Kier molecular flexibility index (Phi) is 5.50. The molecule has 2 aromatic carbocycles. The van der Waals surface area contributed by atoms with E-state index in [9.17, 15) is 14.7 Å². The van der Waals surface area contributed by atoms with Crippen molar-refractivity contribution in [3.05, 3.63) is 70.2 Å². The average molecular weight is 448 g/mol. The Morgan fingerprint density at radius 1 is 1.07 bits per heavy atom. The van der Waals surface area contributed by atoms with Gasteiger partial charge in [0.15, 0.2) is 0 Å². The maximum Gasteiger partial charge on any atom is 0.512 e. The minimum absolute atomic E-state index is 0.0383. The summed E-state index contributed by atoms with van der Waals surface area (Å²) in [6, 6.07) is 16.0. The third-order valence-corrected chi connectivity index (χ3v) is 6.07. The number of ether oxygens (including phenoxy) is 1. The van der Waals surface area contributed by atoms with Crippen LogP contribution in [-0.2, 0) is 0 Å². The predicted octanol–water partition coefficient (Wildman–Crippen LogP) is 6.59. The Balaban J connectivity index is 1.79. The second kappa shape index (κ2) is 8.06. The summed E-state index contributed by atoms with van der Waals surface area (Å²) < 4.78 is 5.03. The topological polar surface area (TPSA) is 66.8 Å². The van der Waals surface area contributed by atoms with Gasteiger partial charge in [-0.3, -0.25) is 4.79 Å². The SMILES string of the molecule is O=C(O)Oc1sc(-c2ccccc2)cc1N(C(=O)c1ccc(Cl)cc1Cl)C1CC1. The Morgan fingerprint density at radius 3 is 2.41 bits per heavy atom. The van der Waals surface area contributed by atoms with Gasteiger partial charge in [0.1, 0.15) is 0 Å². The molecule has 1 saturated carbocycles. The van der Waals surface area contributed by atoms with E-state index in [-0.39, 0.29) is 22.0 Å². The molecule has 1 N–H and O–H groups in total. The molecule has 0 aliphatic heterocycles. The van der Waals surface area contributed by atoms with Crippen molar-refractivity contribution < 1.29 is 19.4 Å². The number of rotatable bonds is 5. The number of anilines is 1. The van der Waals surface area contributed by atoms with Crippen molar-refractivity contribution in [2.75, 3.05) is 4.90 Å². The minimum atomic E-state index is -1.43. The first-order valence-corrected chi connectivity index (χ1v) is 10.4. The number of thiophene rings is 1. The first-order valence-electron chi connectivity index (χ1n) is 8.82. The van der Waals surface area contributed by atoms with E-state index < -0.39 is 6.16 Å². The Bertz CT molecular complexity index is 1080. The van der Waals surface area contributed by atoms with E-state index in [1.807, 2.05) is 30.3 Å². The molecule has 1 aliphatic rings. The van der Waals surface area contributed by atoms with Crippen molar-refractivity contribution in [2.24, 2.45) is 0 Å². The number of hydrogen-bond donors (Lipinski definition) is 1. The van der Waals surface area contributed by atoms with Gasteiger partial charge in [-0.05, 0) is 42.7 Å². The van der Waals surface area contributed by atoms with Crippen molar-refractivity contribution in [3.63, 3.8) is 0 Å². The van der Waals surface area contributed by atoms with E-state index in [0.717, 1.165) is 23.3 Å². The molecule has 1 fully saturated rings. The van der Waals surface area contributed by atoms with Gasteiger partial charge in [0, 0.05) is 15.9 Å². The summed E-state index contributed by atoms with van der Waals surface area (Å²) in [5, 5.41) is 10.0. The van der Waals surface area contributed by atoms with Crippen LogP contribution in [0.3, 0.4) is 0 Å². The van der Waals surface area contributed by atoms with Gasteiger partial charge in [0.05, 0.1) is 16.3 Å². The lowest BCUT2D eigenvalue weighted by atomic mass is 10.1. The maximum absolute atomic E-state index is 13.3. The normalized spacial score (nSPS) is 13.2. The van der Waals surface area contributed by atoms with E-state index in [0.29, 0.717) is 16.3 Å². The highest BCUT2D eigenvalue weighted by atomic mass is 35.5. The fourth-order valence-electron chi connectivity index (χ4n) is 3.03. The number of carbonyl (C=O) groups excluding carboxylic acids is 1. The molecule has 0 spiro atoms. The first kappa shape index (κ1) is 19.8. The minimum Gasteiger partial charge on any atom is -0.449 e. The lowest BCUT2D eigenvalue weighted by Gasteiger charge is -2.22. The molecule has 1 amide bonds. The summed E-state index contributed by atoms with van der Waals surface area (Å²) in [7, 11) is 0. The summed E-state index contributed by atoms with van der Waals surface area (Å²) in [6.07, 6.45) is 0.209. The second-order valence-electron chi connectivity index (χ2n) is 6.55. The molecule has 1 aliphatic carbocycles. The van der Waals surface area contributed by atoms with E-state index in [1.165, 1.54) is 17.4 Å². The van der Waals surface area contributed by atoms with Gasteiger partial charge in [-0.15, -0.1) is 0 Å². The summed E-state index contributed by atoms with van der Waals surface area (Å²) in [5.74, 6) is -0.318. The molecule has 3 aromatic rings. The van der Waals surface area contributed by atoms with Gasteiger partial charge < -0.3 is 14.7 Å². The highest BCUT2D eigenvalue weighted by molar-refractivity contribution is 7.18. The molecule has 1 heterocycles. The van der Waals surface area contributed by atoms with Gasteiger partial charge in [0.2, 0.25) is 5.06 Å². The predicted molar refractivity (Wildman–Crippen MR) is 115 cm³/mol. The number of carbonyl (C=O) groups is 2. The summed E-state index contributed by atoms with van der Waals surface area (Å²) >= 11 is 13.4. The van der Waals surface area contributed by atoms with Crippen LogP contribution in [0, 0.1) is 0 Å². The van der Waals surface area contributed by atoms with Crippen LogP contribution in [0.5, 0.6) is 5.06 Å². The monoisotopic (exact) mass is 447 g/mol. The lowest BCUT2D eigenvalue weighted by molar-refractivity contribution is 0.0983. The van der Waals surface area contributed by atoms with E-state index in [1.54, 1.807) is 23.1 Å². The van der Waals surface area contributed by atoms with Gasteiger partial charge in [-0.25, -0.2) is 4.79 Å². The molecule has 29 heavy (non-hydrogen) atoms. The Morgan fingerprint density at radius 2 is 1.79 bits per heavy atom. The fourth-order valence-corrected chi connectivity index (χ4v) is 4.52. The number of hydrogen-bond acceptors (Lipinski definition) is 4. The molecule has 0 unspecified atom stereocenters. The zero-order valence-corrected chi connectivity index (χ0v) is 17.3. The quantitative estimate of drug-likeness (QED) is 0.448. The fraction of sp³-hybridized carbons (Fsp3) is 0.143. The zero-order valence-electron chi connectivity index (χ0n) is 15.0. The summed E-state index contributed by atoms with van der Waals surface area (Å²) in [4.78, 5) is 27.0. The molecule has 0 atom stereocenters. The first-order chi connectivity index (χ1) is 13.9. The van der Waals surface area contributed by atoms with Crippen LogP contribution in [0.1, 0.15) is 23.2 Å². The summed E-state index contributed by atoms with van der Waals surface area (Å²) in [5.41, 5.74) is 1.64. The summed E-state index contributed by atoms with van der Waals surface area (Å²) in [6.45, 7) is 0. The largest absolute Gasteiger partial charge is 0.512 e. The Labute approximate surface area is 181 Å². The van der Waals surface area contributed by atoms with Crippen molar-refractivity contribution in [1.29, 1.82) is 0 Å².